The van der Waals surface area contributed by atoms with E-state index >= 15 is 0 Å². The number of benzene rings is 1. The molecule has 0 aliphatic carbocycles. The summed E-state index contributed by atoms with van der Waals surface area (Å²) in [4.78, 5) is 7.86. The van der Waals surface area contributed by atoms with Crippen LogP contribution in [0.2, 0.25) is 0 Å². The molecule has 2 aromatic heterocycles. The highest BCUT2D eigenvalue weighted by atomic mass is 19.4. The molecule has 0 aliphatic rings. The number of imidazole rings is 1. The molecule has 5 nitrogen and oxygen atoms in total. The number of aromatic nitrogens is 3. The third kappa shape index (κ3) is 2.42. The second-order valence-electron chi connectivity index (χ2n) is 4.59. The van der Waals surface area contributed by atoms with E-state index in [2.05, 4.69) is 9.97 Å². The third-order valence-corrected chi connectivity index (χ3v) is 3.17. The summed E-state index contributed by atoms with van der Waals surface area (Å²) in [5.41, 5.74) is -0.854. The molecular formula is C14H10F3N3O2. The van der Waals surface area contributed by atoms with Crippen LogP contribution in [0, 0.1) is 0 Å². The van der Waals surface area contributed by atoms with Crippen molar-refractivity contribution in [3.05, 3.63) is 54.1 Å². The number of fused-ring (bicyclic) bond motifs is 1. The van der Waals surface area contributed by atoms with Gasteiger partial charge in [0.15, 0.2) is 11.9 Å². The average Bonchev–Trinajstić information content (AvgIpc) is 2.89. The zero-order valence-electron chi connectivity index (χ0n) is 11.0. The van der Waals surface area contributed by atoms with Gasteiger partial charge in [0.25, 0.3) is 0 Å². The number of nitrogens with zero attached hydrogens (tertiary/aromatic N) is 3. The van der Waals surface area contributed by atoms with Crippen LogP contribution in [0.25, 0.3) is 16.9 Å². The zero-order chi connectivity index (χ0) is 15.9. The maximum Gasteiger partial charge on any atom is 0.417 e. The van der Waals surface area contributed by atoms with Crippen LogP contribution >= 0.6 is 0 Å². The summed E-state index contributed by atoms with van der Waals surface area (Å²) in [6.07, 6.45) is -3.60. The quantitative estimate of drug-likeness (QED) is 0.713. The largest absolute Gasteiger partial charge is 0.417 e. The minimum absolute atomic E-state index is 0.0721. The van der Waals surface area contributed by atoms with Gasteiger partial charge in [0, 0.05) is 11.8 Å². The van der Waals surface area contributed by atoms with Crippen molar-refractivity contribution in [2.24, 2.45) is 0 Å². The van der Waals surface area contributed by atoms with Gasteiger partial charge in [-0.1, -0.05) is 18.2 Å². The minimum Gasteiger partial charge on any atom is -0.363 e. The molecule has 0 spiro atoms. The molecule has 3 aromatic rings. The highest BCUT2D eigenvalue weighted by Gasteiger charge is 2.33. The molecular weight excluding hydrogens is 299 g/mol. The number of hydrogen-bond acceptors (Lipinski definition) is 4. The molecule has 0 fully saturated rings. The Morgan fingerprint density at radius 2 is 1.82 bits per heavy atom. The SMILES string of the molecule is OC(O)c1ncn2ccc(-c3ccccc3C(F)(F)F)nc12. The van der Waals surface area contributed by atoms with E-state index in [1.165, 1.54) is 41.2 Å². The van der Waals surface area contributed by atoms with Gasteiger partial charge in [0.2, 0.25) is 0 Å². The molecule has 0 amide bonds. The van der Waals surface area contributed by atoms with Crippen molar-refractivity contribution < 1.29 is 23.4 Å². The molecule has 0 saturated heterocycles. The molecule has 2 heterocycles. The first-order valence-electron chi connectivity index (χ1n) is 6.24. The Morgan fingerprint density at radius 1 is 1.09 bits per heavy atom. The van der Waals surface area contributed by atoms with Crippen molar-refractivity contribution in [3.8, 4) is 11.3 Å². The Balaban J connectivity index is 2.21. The van der Waals surface area contributed by atoms with Crippen LogP contribution in [-0.4, -0.2) is 24.6 Å². The van der Waals surface area contributed by atoms with E-state index < -0.39 is 18.0 Å². The smallest absolute Gasteiger partial charge is 0.363 e. The van der Waals surface area contributed by atoms with Gasteiger partial charge in [0.1, 0.15) is 12.0 Å². The fourth-order valence-electron chi connectivity index (χ4n) is 2.18. The van der Waals surface area contributed by atoms with Gasteiger partial charge in [-0.05, 0) is 12.1 Å². The van der Waals surface area contributed by atoms with Gasteiger partial charge >= 0.3 is 6.18 Å². The maximum atomic E-state index is 13.1. The second kappa shape index (κ2) is 5.08. The molecule has 0 atom stereocenters. The van der Waals surface area contributed by atoms with Crippen molar-refractivity contribution in [2.75, 3.05) is 0 Å². The van der Waals surface area contributed by atoms with E-state index in [0.29, 0.717) is 0 Å². The van der Waals surface area contributed by atoms with Crippen LogP contribution in [-0.2, 0) is 6.18 Å². The van der Waals surface area contributed by atoms with E-state index in [9.17, 15) is 23.4 Å². The minimum atomic E-state index is -4.51. The fourth-order valence-corrected chi connectivity index (χ4v) is 2.18. The van der Waals surface area contributed by atoms with Crippen molar-refractivity contribution in [1.29, 1.82) is 0 Å². The lowest BCUT2D eigenvalue weighted by molar-refractivity contribution is -0.137. The number of alkyl halides is 3. The van der Waals surface area contributed by atoms with Crippen LogP contribution in [0.4, 0.5) is 13.2 Å². The molecule has 1 aromatic carbocycles. The standard InChI is InChI=1S/C14H10F3N3O2/c15-14(16,17)9-4-2-1-3-8(9)10-5-6-20-7-18-11(13(21)22)12(20)19-10/h1-7,13,21-22H. The normalized spacial score (nSPS) is 12.3. The van der Waals surface area contributed by atoms with Crippen molar-refractivity contribution >= 4 is 5.65 Å². The lowest BCUT2D eigenvalue weighted by Gasteiger charge is -2.12. The summed E-state index contributed by atoms with van der Waals surface area (Å²) >= 11 is 0. The number of rotatable bonds is 2. The Bertz CT molecular complexity index is 828. The van der Waals surface area contributed by atoms with Crippen LogP contribution in [0.3, 0.4) is 0 Å². The molecule has 0 unspecified atom stereocenters. The third-order valence-electron chi connectivity index (χ3n) is 3.17. The second-order valence-corrected chi connectivity index (χ2v) is 4.59. The fraction of sp³-hybridized carbons (Fsp3) is 0.143. The van der Waals surface area contributed by atoms with Crippen molar-refractivity contribution in [1.82, 2.24) is 14.4 Å². The van der Waals surface area contributed by atoms with Gasteiger partial charge in [-0.2, -0.15) is 13.2 Å². The van der Waals surface area contributed by atoms with Gasteiger partial charge in [-0.3, -0.25) is 4.40 Å². The Kier molecular flexibility index (Phi) is 3.34. The topological polar surface area (TPSA) is 70.7 Å². The van der Waals surface area contributed by atoms with E-state index in [0.717, 1.165) is 6.07 Å². The average molecular weight is 309 g/mol. The summed E-state index contributed by atoms with van der Waals surface area (Å²) in [5.74, 6) is 0. The molecule has 114 valence electrons. The molecule has 22 heavy (non-hydrogen) atoms. The Hall–Kier alpha value is -2.45. The van der Waals surface area contributed by atoms with Crippen LogP contribution in [0.5, 0.6) is 0 Å². The molecule has 0 bridgehead atoms. The summed E-state index contributed by atoms with van der Waals surface area (Å²) in [5, 5.41) is 18.4. The van der Waals surface area contributed by atoms with Crippen LogP contribution in [0.1, 0.15) is 17.5 Å². The first kappa shape index (κ1) is 14.5. The van der Waals surface area contributed by atoms with Gasteiger partial charge in [0.05, 0.1) is 11.3 Å². The number of halogens is 3. The van der Waals surface area contributed by atoms with Crippen molar-refractivity contribution in [2.45, 2.75) is 12.5 Å². The first-order chi connectivity index (χ1) is 10.4. The Labute approximate surface area is 122 Å². The maximum absolute atomic E-state index is 13.1. The molecule has 0 aliphatic heterocycles. The zero-order valence-corrected chi connectivity index (χ0v) is 11.0. The monoisotopic (exact) mass is 309 g/mol. The lowest BCUT2D eigenvalue weighted by Crippen LogP contribution is -2.07. The van der Waals surface area contributed by atoms with Gasteiger partial charge in [-0.25, -0.2) is 9.97 Å². The molecule has 8 heteroatoms. The number of aliphatic hydroxyl groups excluding tert-OH is 1. The first-order valence-corrected chi connectivity index (χ1v) is 6.24. The van der Waals surface area contributed by atoms with E-state index in [4.69, 9.17) is 0 Å². The van der Waals surface area contributed by atoms with Gasteiger partial charge < -0.3 is 10.2 Å². The Morgan fingerprint density at radius 3 is 2.50 bits per heavy atom. The summed E-state index contributed by atoms with van der Waals surface area (Å²) in [6.45, 7) is 0. The van der Waals surface area contributed by atoms with Gasteiger partial charge in [-0.15, -0.1) is 0 Å². The summed E-state index contributed by atoms with van der Waals surface area (Å²) in [7, 11) is 0. The van der Waals surface area contributed by atoms with Crippen LogP contribution < -0.4 is 0 Å². The lowest BCUT2D eigenvalue weighted by atomic mass is 10.0. The highest BCUT2D eigenvalue weighted by molar-refractivity contribution is 5.66. The van der Waals surface area contributed by atoms with E-state index in [1.807, 2.05) is 0 Å². The molecule has 2 N–H and O–H groups in total. The molecule has 3 rings (SSSR count). The molecule has 0 saturated carbocycles. The predicted octanol–water partition coefficient (Wildman–Crippen LogP) is 2.40. The molecule has 0 radical (unpaired) electrons. The predicted molar refractivity (Wildman–Crippen MR) is 70.6 cm³/mol. The van der Waals surface area contributed by atoms with Crippen molar-refractivity contribution in [3.63, 3.8) is 0 Å². The summed E-state index contributed by atoms with van der Waals surface area (Å²) in [6, 6.07) is 6.47. The van der Waals surface area contributed by atoms with Crippen LogP contribution in [0.15, 0.2) is 42.9 Å². The van der Waals surface area contributed by atoms with E-state index in [-0.39, 0.29) is 22.6 Å². The van der Waals surface area contributed by atoms with E-state index in [1.54, 1.807) is 0 Å². The highest BCUT2D eigenvalue weighted by Crippen LogP contribution is 2.36. The summed E-state index contributed by atoms with van der Waals surface area (Å²) < 4.78 is 40.6. The number of hydrogen-bond donors (Lipinski definition) is 2. The number of aliphatic hydroxyl groups is 2.